The summed E-state index contributed by atoms with van der Waals surface area (Å²) in [6.45, 7) is 7.97. The standard InChI is InChI=1S/C19H27N3O3/c1-12-6-7-15(13(2)9-12)16(23)11-22-8-4-5-14(10-22)19(3)17(24)20-18(25)21-19/h6-7,9,14,16,23H,4-5,8,10-11H2,1-3H3,(H2,20,21,24,25)/t14-,16-,19+/m1/s1. The molecule has 136 valence electrons. The molecule has 3 N–H and O–H groups in total. The van der Waals surface area contributed by atoms with Crippen LogP contribution in [0.4, 0.5) is 4.79 Å². The van der Waals surface area contributed by atoms with E-state index < -0.39 is 17.7 Å². The second-order valence-electron chi connectivity index (χ2n) is 7.59. The van der Waals surface area contributed by atoms with E-state index in [1.54, 1.807) is 6.92 Å². The van der Waals surface area contributed by atoms with Gasteiger partial charge in [0.2, 0.25) is 0 Å². The van der Waals surface area contributed by atoms with Crippen LogP contribution in [0.5, 0.6) is 0 Å². The Morgan fingerprint density at radius 1 is 1.36 bits per heavy atom. The molecule has 0 spiro atoms. The highest BCUT2D eigenvalue weighted by Crippen LogP contribution is 2.31. The van der Waals surface area contributed by atoms with Gasteiger partial charge in [-0.1, -0.05) is 23.8 Å². The maximum atomic E-state index is 12.2. The molecule has 0 radical (unpaired) electrons. The van der Waals surface area contributed by atoms with Crippen LogP contribution in [0.1, 0.15) is 42.6 Å². The minimum atomic E-state index is -0.861. The van der Waals surface area contributed by atoms with Crippen molar-refractivity contribution >= 4 is 11.9 Å². The van der Waals surface area contributed by atoms with Crippen LogP contribution in [-0.4, -0.2) is 47.1 Å². The predicted molar refractivity (Wildman–Crippen MR) is 95.1 cm³/mol. The van der Waals surface area contributed by atoms with Crippen LogP contribution in [0.15, 0.2) is 18.2 Å². The van der Waals surface area contributed by atoms with Gasteiger partial charge in [-0.2, -0.15) is 0 Å². The Hall–Kier alpha value is -1.92. The normalized spacial score (nSPS) is 28.6. The number of aliphatic hydroxyl groups is 1. The van der Waals surface area contributed by atoms with Crippen LogP contribution in [0.25, 0.3) is 0 Å². The van der Waals surface area contributed by atoms with Crippen molar-refractivity contribution in [3.05, 3.63) is 34.9 Å². The van der Waals surface area contributed by atoms with Gasteiger partial charge in [0.25, 0.3) is 5.91 Å². The van der Waals surface area contributed by atoms with Gasteiger partial charge in [0.1, 0.15) is 5.54 Å². The van der Waals surface area contributed by atoms with Gasteiger partial charge in [0, 0.05) is 19.0 Å². The van der Waals surface area contributed by atoms with Gasteiger partial charge >= 0.3 is 6.03 Å². The average Bonchev–Trinajstić information content (AvgIpc) is 2.81. The van der Waals surface area contributed by atoms with Gasteiger partial charge < -0.3 is 15.3 Å². The summed E-state index contributed by atoms with van der Waals surface area (Å²) in [5.41, 5.74) is 2.37. The summed E-state index contributed by atoms with van der Waals surface area (Å²) < 4.78 is 0. The van der Waals surface area contributed by atoms with Gasteiger partial charge in [-0.3, -0.25) is 10.1 Å². The topological polar surface area (TPSA) is 81.7 Å². The lowest BCUT2D eigenvalue weighted by Crippen LogP contribution is -2.56. The predicted octanol–water partition coefficient (Wildman–Crippen LogP) is 1.65. The lowest BCUT2D eigenvalue weighted by atomic mass is 9.80. The van der Waals surface area contributed by atoms with E-state index in [0.717, 1.165) is 30.5 Å². The van der Waals surface area contributed by atoms with Crippen LogP contribution in [0.2, 0.25) is 0 Å². The van der Waals surface area contributed by atoms with E-state index in [4.69, 9.17) is 0 Å². The highest BCUT2D eigenvalue weighted by Gasteiger charge is 2.48. The Morgan fingerprint density at radius 2 is 2.12 bits per heavy atom. The number of rotatable bonds is 4. The van der Waals surface area contributed by atoms with Crippen molar-refractivity contribution in [1.82, 2.24) is 15.5 Å². The number of amides is 3. The van der Waals surface area contributed by atoms with Crippen molar-refractivity contribution in [2.75, 3.05) is 19.6 Å². The molecule has 0 bridgehead atoms. The highest BCUT2D eigenvalue weighted by atomic mass is 16.3. The van der Waals surface area contributed by atoms with Crippen molar-refractivity contribution in [3.63, 3.8) is 0 Å². The molecular formula is C19H27N3O3. The summed E-state index contributed by atoms with van der Waals surface area (Å²) in [5, 5.41) is 15.8. The molecular weight excluding hydrogens is 318 g/mol. The van der Waals surface area contributed by atoms with Gasteiger partial charge in [0.05, 0.1) is 6.10 Å². The Balaban J connectivity index is 1.67. The highest BCUT2D eigenvalue weighted by molar-refractivity contribution is 6.06. The first-order valence-electron chi connectivity index (χ1n) is 8.91. The van der Waals surface area contributed by atoms with E-state index in [-0.39, 0.29) is 11.8 Å². The SMILES string of the molecule is Cc1ccc([C@H](O)CN2CCC[C@@H]([C@]3(C)NC(=O)NC3=O)C2)c(C)c1. The van der Waals surface area contributed by atoms with Crippen LogP contribution in [0.3, 0.4) is 0 Å². The number of urea groups is 1. The molecule has 2 heterocycles. The first-order chi connectivity index (χ1) is 11.8. The average molecular weight is 345 g/mol. The van der Waals surface area contributed by atoms with Crippen LogP contribution >= 0.6 is 0 Å². The number of carbonyl (C=O) groups is 2. The van der Waals surface area contributed by atoms with Crippen LogP contribution in [0, 0.1) is 19.8 Å². The fourth-order valence-corrected chi connectivity index (χ4v) is 4.08. The van der Waals surface area contributed by atoms with E-state index in [9.17, 15) is 14.7 Å². The number of piperidine rings is 1. The van der Waals surface area contributed by atoms with Gasteiger partial charge in [-0.25, -0.2) is 4.79 Å². The van der Waals surface area contributed by atoms with Crippen molar-refractivity contribution < 1.29 is 14.7 Å². The third kappa shape index (κ3) is 3.55. The minimum absolute atomic E-state index is 0.0408. The molecule has 0 aromatic heterocycles. The molecule has 25 heavy (non-hydrogen) atoms. The number of nitrogens with zero attached hydrogens (tertiary/aromatic N) is 1. The Kier molecular flexibility index (Phi) is 4.84. The number of hydrogen-bond acceptors (Lipinski definition) is 4. The molecule has 0 saturated carbocycles. The quantitative estimate of drug-likeness (QED) is 0.725. The summed E-state index contributed by atoms with van der Waals surface area (Å²) in [4.78, 5) is 25.9. The minimum Gasteiger partial charge on any atom is -0.387 e. The second kappa shape index (κ2) is 6.77. The molecule has 3 atom stereocenters. The zero-order chi connectivity index (χ0) is 18.2. The molecule has 3 rings (SSSR count). The number of carbonyl (C=O) groups excluding carboxylic acids is 2. The molecule has 6 heteroatoms. The fraction of sp³-hybridized carbons (Fsp3) is 0.579. The molecule has 1 aromatic rings. The van der Waals surface area contributed by atoms with Crippen LogP contribution in [-0.2, 0) is 4.79 Å². The summed E-state index contributed by atoms with van der Waals surface area (Å²) >= 11 is 0. The smallest absolute Gasteiger partial charge is 0.322 e. The van der Waals surface area contributed by atoms with E-state index in [1.165, 1.54) is 5.56 Å². The Bertz CT molecular complexity index is 690. The van der Waals surface area contributed by atoms with Crippen molar-refractivity contribution in [2.45, 2.75) is 45.3 Å². The van der Waals surface area contributed by atoms with E-state index in [2.05, 4.69) is 21.6 Å². The number of aliphatic hydroxyl groups excluding tert-OH is 1. The largest absolute Gasteiger partial charge is 0.387 e. The van der Waals surface area contributed by atoms with Crippen molar-refractivity contribution in [1.29, 1.82) is 0 Å². The van der Waals surface area contributed by atoms with Crippen LogP contribution < -0.4 is 10.6 Å². The molecule has 3 amide bonds. The molecule has 6 nitrogen and oxygen atoms in total. The van der Waals surface area contributed by atoms with Gasteiger partial charge in [-0.05, 0) is 51.3 Å². The summed E-state index contributed by atoms with van der Waals surface area (Å²) in [7, 11) is 0. The first kappa shape index (κ1) is 17.9. The molecule has 2 aliphatic rings. The van der Waals surface area contributed by atoms with Gasteiger partial charge in [-0.15, -0.1) is 0 Å². The number of likely N-dealkylation sites (tertiary alicyclic amines) is 1. The Morgan fingerprint density at radius 3 is 2.76 bits per heavy atom. The zero-order valence-corrected chi connectivity index (χ0v) is 15.1. The number of β-amino-alcohol motifs (C(OH)–C–C–N with tert-alkyl or cyclic N) is 1. The number of hydrogen-bond donors (Lipinski definition) is 3. The molecule has 2 saturated heterocycles. The van der Waals surface area contributed by atoms with E-state index in [1.807, 2.05) is 26.0 Å². The Labute approximate surface area is 148 Å². The van der Waals surface area contributed by atoms with Crippen molar-refractivity contribution in [2.24, 2.45) is 5.92 Å². The third-order valence-electron chi connectivity index (χ3n) is 5.61. The number of imide groups is 1. The summed E-state index contributed by atoms with van der Waals surface area (Å²) in [5.74, 6) is -0.210. The maximum absolute atomic E-state index is 12.2. The lowest BCUT2D eigenvalue weighted by molar-refractivity contribution is -0.126. The number of aryl methyl sites for hydroxylation is 2. The molecule has 0 unspecified atom stereocenters. The zero-order valence-electron chi connectivity index (χ0n) is 15.1. The number of nitrogens with one attached hydrogen (secondary N) is 2. The summed E-state index contributed by atoms with van der Waals surface area (Å²) in [6.07, 6.45) is 1.28. The molecule has 2 aliphatic heterocycles. The van der Waals surface area contributed by atoms with Gasteiger partial charge in [0.15, 0.2) is 0 Å². The monoisotopic (exact) mass is 345 g/mol. The molecule has 2 fully saturated rings. The fourth-order valence-electron chi connectivity index (χ4n) is 4.08. The maximum Gasteiger partial charge on any atom is 0.322 e. The van der Waals surface area contributed by atoms with E-state index >= 15 is 0 Å². The second-order valence-corrected chi connectivity index (χ2v) is 7.59. The van der Waals surface area contributed by atoms with E-state index in [0.29, 0.717) is 13.1 Å². The first-order valence-corrected chi connectivity index (χ1v) is 8.91. The molecule has 1 aromatic carbocycles. The summed E-state index contributed by atoms with van der Waals surface area (Å²) in [6, 6.07) is 5.67. The third-order valence-corrected chi connectivity index (χ3v) is 5.61. The molecule has 0 aliphatic carbocycles. The number of benzene rings is 1. The lowest BCUT2D eigenvalue weighted by Gasteiger charge is -2.40. The van der Waals surface area contributed by atoms with Crippen molar-refractivity contribution in [3.8, 4) is 0 Å².